The van der Waals surface area contributed by atoms with E-state index in [-0.39, 0.29) is 0 Å². The van der Waals surface area contributed by atoms with Crippen molar-refractivity contribution in [3.63, 3.8) is 0 Å². The van der Waals surface area contributed by atoms with E-state index in [0.717, 1.165) is 22.6 Å². The summed E-state index contributed by atoms with van der Waals surface area (Å²) in [7, 11) is 3.27. The minimum atomic E-state index is -0.600. The zero-order valence-corrected chi connectivity index (χ0v) is 12.8. The van der Waals surface area contributed by atoms with Gasteiger partial charge in [0, 0.05) is 37.0 Å². The maximum absolute atomic E-state index is 10.5. The minimum absolute atomic E-state index is 0.549. The zero-order valence-electron chi connectivity index (χ0n) is 12.8. The van der Waals surface area contributed by atoms with Gasteiger partial charge in [-0.3, -0.25) is 9.88 Å². The van der Waals surface area contributed by atoms with E-state index in [0.29, 0.717) is 25.4 Å². The molecule has 0 fully saturated rings. The Morgan fingerprint density at radius 2 is 1.95 bits per heavy atom. The van der Waals surface area contributed by atoms with Gasteiger partial charge in [-0.05, 0) is 24.3 Å². The van der Waals surface area contributed by atoms with Crippen LogP contribution in [0.2, 0.25) is 0 Å². The van der Waals surface area contributed by atoms with Crippen molar-refractivity contribution in [1.29, 1.82) is 0 Å². The number of methoxy groups -OCH3 is 2. The predicted octanol–water partition coefficient (Wildman–Crippen LogP) is 2.15. The Balaban J connectivity index is 1.91. The van der Waals surface area contributed by atoms with Crippen LogP contribution < -0.4 is 9.47 Å². The number of aliphatic hydroxyl groups is 1. The molecule has 0 radical (unpaired) electrons. The van der Waals surface area contributed by atoms with Gasteiger partial charge in [0.2, 0.25) is 0 Å². The molecule has 5 nitrogen and oxygen atoms in total. The van der Waals surface area contributed by atoms with Crippen LogP contribution in [0.3, 0.4) is 0 Å². The molecule has 1 aromatic carbocycles. The van der Waals surface area contributed by atoms with Crippen LogP contribution >= 0.6 is 0 Å². The van der Waals surface area contributed by atoms with Crippen molar-refractivity contribution >= 4 is 0 Å². The molecular formula is C17H20N2O3. The normalized spacial score (nSPS) is 17.9. The fraction of sp³-hybridized carbons (Fsp3) is 0.353. The number of ether oxygens (including phenoxy) is 2. The Hall–Kier alpha value is -2.11. The molecule has 1 aromatic heterocycles. The molecule has 5 heteroatoms. The lowest BCUT2D eigenvalue weighted by Crippen LogP contribution is -2.34. The lowest BCUT2D eigenvalue weighted by molar-refractivity contribution is 0.0836. The Morgan fingerprint density at radius 3 is 2.64 bits per heavy atom. The summed E-state index contributed by atoms with van der Waals surface area (Å²) in [5.74, 6) is 1.49. The number of pyridine rings is 1. The molecule has 0 saturated carbocycles. The molecule has 116 valence electrons. The van der Waals surface area contributed by atoms with Crippen LogP contribution in [0.5, 0.6) is 11.5 Å². The highest BCUT2D eigenvalue weighted by Gasteiger charge is 2.29. The predicted molar refractivity (Wildman–Crippen MR) is 82.9 cm³/mol. The Kier molecular flexibility index (Phi) is 4.27. The number of aromatic nitrogens is 1. The van der Waals surface area contributed by atoms with Crippen LogP contribution in [0.15, 0.2) is 36.5 Å². The van der Waals surface area contributed by atoms with E-state index in [2.05, 4.69) is 9.88 Å². The lowest BCUT2D eigenvalue weighted by Gasteiger charge is -2.33. The second-order valence-corrected chi connectivity index (χ2v) is 5.37. The van der Waals surface area contributed by atoms with Crippen molar-refractivity contribution in [3.8, 4) is 11.5 Å². The van der Waals surface area contributed by atoms with E-state index in [1.807, 2.05) is 30.3 Å². The third-order valence-corrected chi connectivity index (χ3v) is 3.97. The SMILES string of the molecule is COc1ccc(OC)c2c1CN(Cc1ccccn1)C[C@@H]2O. The van der Waals surface area contributed by atoms with Crippen LogP contribution in [0.1, 0.15) is 22.9 Å². The highest BCUT2D eigenvalue weighted by Crippen LogP contribution is 2.39. The first-order valence-corrected chi connectivity index (χ1v) is 7.27. The Labute approximate surface area is 130 Å². The summed E-state index contributed by atoms with van der Waals surface area (Å²) in [6, 6.07) is 9.59. The van der Waals surface area contributed by atoms with Gasteiger partial charge in [-0.1, -0.05) is 6.07 Å². The van der Waals surface area contributed by atoms with Gasteiger partial charge < -0.3 is 14.6 Å². The lowest BCUT2D eigenvalue weighted by atomic mass is 9.95. The number of nitrogens with zero attached hydrogens (tertiary/aromatic N) is 2. The molecule has 22 heavy (non-hydrogen) atoms. The molecule has 1 aliphatic heterocycles. The summed E-state index contributed by atoms with van der Waals surface area (Å²) >= 11 is 0. The molecule has 0 aliphatic carbocycles. The summed E-state index contributed by atoms with van der Waals surface area (Å²) in [5, 5.41) is 10.5. The summed E-state index contributed by atoms with van der Waals surface area (Å²) in [5.41, 5.74) is 2.80. The maximum Gasteiger partial charge on any atom is 0.125 e. The van der Waals surface area contributed by atoms with E-state index in [1.165, 1.54) is 0 Å². The minimum Gasteiger partial charge on any atom is -0.496 e. The van der Waals surface area contributed by atoms with Gasteiger partial charge in [0.1, 0.15) is 11.5 Å². The fourth-order valence-electron chi connectivity index (χ4n) is 2.99. The monoisotopic (exact) mass is 300 g/mol. The van der Waals surface area contributed by atoms with Gasteiger partial charge in [0.05, 0.1) is 26.0 Å². The van der Waals surface area contributed by atoms with Crippen molar-refractivity contribution in [2.45, 2.75) is 19.2 Å². The smallest absolute Gasteiger partial charge is 0.125 e. The highest BCUT2D eigenvalue weighted by atomic mass is 16.5. The molecule has 2 heterocycles. The molecule has 0 bridgehead atoms. The van der Waals surface area contributed by atoms with Gasteiger partial charge in [-0.25, -0.2) is 0 Å². The van der Waals surface area contributed by atoms with Crippen molar-refractivity contribution in [2.75, 3.05) is 20.8 Å². The average molecular weight is 300 g/mol. The molecule has 3 rings (SSSR count). The number of β-amino-alcohol motifs (C(OH)–C–C–N with tert-alkyl or cyclic N) is 1. The van der Waals surface area contributed by atoms with Crippen molar-refractivity contribution in [3.05, 3.63) is 53.3 Å². The number of hydrogen-bond donors (Lipinski definition) is 1. The molecule has 0 spiro atoms. The first-order valence-electron chi connectivity index (χ1n) is 7.27. The average Bonchev–Trinajstić information content (AvgIpc) is 2.54. The Bertz CT molecular complexity index is 646. The molecule has 0 unspecified atom stereocenters. The number of fused-ring (bicyclic) bond motifs is 1. The van der Waals surface area contributed by atoms with Crippen LogP contribution in [0, 0.1) is 0 Å². The first-order chi connectivity index (χ1) is 10.7. The van der Waals surface area contributed by atoms with E-state index in [4.69, 9.17) is 9.47 Å². The Morgan fingerprint density at radius 1 is 1.18 bits per heavy atom. The van der Waals surface area contributed by atoms with Gasteiger partial charge in [-0.2, -0.15) is 0 Å². The number of benzene rings is 1. The zero-order chi connectivity index (χ0) is 15.5. The van der Waals surface area contributed by atoms with Crippen LogP contribution in [-0.4, -0.2) is 35.8 Å². The van der Waals surface area contributed by atoms with Crippen LogP contribution in [0.4, 0.5) is 0 Å². The third kappa shape index (κ3) is 2.77. The maximum atomic E-state index is 10.5. The van der Waals surface area contributed by atoms with E-state index in [1.54, 1.807) is 20.4 Å². The van der Waals surface area contributed by atoms with E-state index >= 15 is 0 Å². The summed E-state index contributed by atoms with van der Waals surface area (Å²) in [6.45, 7) is 1.94. The van der Waals surface area contributed by atoms with E-state index in [9.17, 15) is 5.11 Å². The van der Waals surface area contributed by atoms with Gasteiger partial charge in [0.15, 0.2) is 0 Å². The molecule has 1 atom stereocenters. The third-order valence-electron chi connectivity index (χ3n) is 3.97. The topological polar surface area (TPSA) is 54.8 Å². The van der Waals surface area contributed by atoms with Crippen molar-refractivity contribution in [2.24, 2.45) is 0 Å². The molecule has 1 aliphatic rings. The molecular weight excluding hydrogens is 280 g/mol. The number of aliphatic hydroxyl groups excluding tert-OH is 1. The second-order valence-electron chi connectivity index (χ2n) is 5.37. The van der Waals surface area contributed by atoms with Gasteiger partial charge >= 0.3 is 0 Å². The number of rotatable bonds is 4. The molecule has 0 amide bonds. The van der Waals surface area contributed by atoms with Crippen LogP contribution in [0.25, 0.3) is 0 Å². The van der Waals surface area contributed by atoms with E-state index < -0.39 is 6.10 Å². The summed E-state index contributed by atoms with van der Waals surface area (Å²) < 4.78 is 10.8. The fourth-order valence-corrected chi connectivity index (χ4v) is 2.99. The number of hydrogen-bond acceptors (Lipinski definition) is 5. The van der Waals surface area contributed by atoms with Crippen molar-refractivity contribution in [1.82, 2.24) is 9.88 Å². The molecule has 1 N–H and O–H groups in total. The standard InChI is InChI=1S/C17H20N2O3/c1-21-15-6-7-16(22-2)17-13(15)10-19(11-14(17)20)9-12-5-3-4-8-18-12/h3-8,14,20H,9-11H2,1-2H3/t14-/m0/s1. The molecule has 2 aromatic rings. The largest absolute Gasteiger partial charge is 0.496 e. The summed E-state index contributed by atoms with van der Waals surface area (Å²) in [4.78, 5) is 6.51. The second kappa shape index (κ2) is 6.34. The quantitative estimate of drug-likeness (QED) is 0.937. The van der Waals surface area contributed by atoms with Crippen molar-refractivity contribution < 1.29 is 14.6 Å². The molecule has 0 saturated heterocycles. The van der Waals surface area contributed by atoms with Crippen LogP contribution in [-0.2, 0) is 13.1 Å². The first kappa shape index (κ1) is 14.8. The van der Waals surface area contributed by atoms with Gasteiger partial charge in [0.25, 0.3) is 0 Å². The summed E-state index contributed by atoms with van der Waals surface area (Å²) in [6.07, 6.45) is 1.19. The van der Waals surface area contributed by atoms with Gasteiger partial charge in [-0.15, -0.1) is 0 Å². The highest BCUT2D eigenvalue weighted by molar-refractivity contribution is 5.51.